The second-order valence-electron chi connectivity index (χ2n) is 2.15. The molecule has 0 spiro atoms. The molecule has 0 aromatic carbocycles. The standard InChI is InChI=1S/C4H10O2.C4H8/c1-3(5)4(2)6;1-3-4-2/h3-6H,1-2H3;3-4H,1-2H3. The van der Waals surface area contributed by atoms with E-state index in [4.69, 9.17) is 10.2 Å². The molecule has 0 rings (SSSR count). The van der Waals surface area contributed by atoms with Gasteiger partial charge in [0.05, 0.1) is 12.2 Å². The fourth-order valence-electron chi connectivity index (χ4n) is 0. The zero-order chi connectivity index (χ0) is 8.57. The van der Waals surface area contributed by atoms with E-state index in [1.807, 2.05) is 26.0 Å². The van der Waals surface area contributed by atoms with Crippen LogP contribution in [0.15, 0.2) is 12.2 Å². The molecular weight excluding hydrogens is 128 g/mol. The Morgan fingerprint density at radius 2 is 1.10 bits per heavy atom. The molecule has 0 aliphatic carbocycles. The molecule has 0 saturated heterocycles. The van der Waals surface area contributed by atoms with Gasteiger partial charge in [0, 0.05) is 0 Å². The maximum absolute atomic E-state index is 8.38. The molecule has 2 atom stereocenters. The van der Waals surface area contributed by atoms with E-state index in [0.29, 0.717) is 0 Å². The lowest BCUT2D eigenvalue weighted by Gasteiger charge is -2.03. The Morgan fingerprint density at radius 1 is 0.900 bits per heavy atom. The highest BCUT2D eigenvalue weighted by Gasteiger charge is 1.99. The summed E-state index contributed by atoms with van der Waals surface area (Å²) < 4.78 is 0. The molecule has 0 aromatic rings. The van der Waals surface area contributed by atoms with Crippen LogP contribution < -0.4 is 0 Å². The van der Waals surface area contributed by atoms with Crippen molar-refractivity contribution in [3.63, 3.8) is 0 Å². The zero-order valence-electron chi connectivity index (χ0n) is 7.20. The monoisotopic (exact) mass is 146 g/mol. The minimum Gasteiger partial charge on any atom is -0.391 e. The van der Waals surface area contributed by atoms with Gasteiger partial charge in [-0.15, -0.1) is 0 Å². The molecule has 0 radical (unpaired) electrons. The van der Waals surface area contributed by atoms with Crippen molar-refractivity contribution in [2.75, 3.05) is 0 Å². The molecule has 0 heterocycles. The van der Waals surface area contributed by atoms with E-state index >= 15 is 0 Å². The smallest absolute Gasteiger partial charge is 0.0768 e. The lowest BCUT2D eigenvalue weighted by molar-refractivity contribution is 0.0438. The molecule has 0 aliphatic heterocycles. The predicted octanol–water partition coefficient (Wildman–Crippen LogP) is 1.33. The van der Waals surface area contributed by atoms with Gasteiger partial charge in [-0.05, 0) is 27.7 Å². The summed E-state index contributed by atoms with van der Waals surface area (Å²) in [5.74, 6) is 0. The predicted molar refractivity (Wildman–Crippen MR) is 43.8 cm³/mol. The van der Waals surface area contributed by atoms with Gasteiger partial charge in [-0.1, -0.05) is 12.2 Å². The number of hydrogen-bond acceptors (Lipinski definition) is 2. The maximum Gasteiger partial charge on any atom is 0.0768 e. The summed E-state index contributed by atoms with van der Waals surface area (Å²) >= 11 is 0. The number of allylic oxidation sites excluding steroid dienone is 2. The minimum absolute atomic E-state index is 0.593. The van der Waals surface area contributed by atoms with Crippen molar-refractivity contribution < 1.29 is 10.2 Å². The van der Waals surface area contributed by atoms with E-state index < -0.39 is 12.2 Å². The molecule has 10 heavy (non-hydrogen) atoms. The maximum atomic E-state index is 8.38. The fourth-order valence-corrected chi connectivity index (χ4v) is 0. The number of aliphatic hydroxyl groups excluding tert-OH is 2. The first-order chi connectivity index (χ1) is 4.56. The van der Waals surface area contributed by atoms with Gasteiger partial charge in [0.1, 0.15) is 0 Å². The van der Waals surface area contributed by atoms with E-state index in [1.54, 1.807) is 13.8 Å². The van der Waals surface area contributed by atoms with Crippen LogP contribution in [-0.2, 0) is 0 Å². The molecule has 2 heteroatoms. The van der Waals surface area contributed by atoms with E-state index in [2.05, 4.69) is 0 Å². The Morgan fingerprint density at radius 3 is 1.10 bits per heavy atom. The van der Waals surface area contributed by atoms with Crippen molar-refractivity contribution in [1.29, 1.82) is 0 Å². The van der Waals surface area contributed by atoms with Gasteiger partial charge in [0.2, 0.25) is 0 Å². The lowest BCUT2D eigenvalue weighted by atomic mass is 10.3. The Bertz CT molecular complexity index is 65.3. The van der Waals surface area contributed by atoms with Crippen LogP contribution >= 0.6 is 0 Å². The summed E-state index contributed by atoms with van der Waals surface area (Å²) in [6, 6.07) is 0. The van der Waals surface area contributed by atoms with Crippen LogP contribution in [0.25, 0.3) is 0 Å². The molecular formula is C8H18O2. The van der Waals surface area contributed by atoms with Crippen LogP contribution in [0.3, 0.4) is 0 Å². The number of hydrogen-bond donors (Lipinski definition) is 2. The summed E-state index contributed by atoms with van der Waals surface area (Å²) in [7, 11) is 0. The van der Waals surface area contributed by atoms with Crippen molar-refractivity contribution in [2.45, 2.75) is 39.9 Å². The zero-order valence-corrected chi connectivity index (χ0v) is 7.20. The largest absolute Gasteiger partial charge is 0.391 e. The Labute approximate surface area is 63.2 Å². The summed E-state index contributed by atoms with van der Waals surface area (Å²) in [6.07, 6.45) is 2.81. The minimum atomic E-state index is -0.593. The van der Waals surface area contributed by atoms with Gasteiger partial charge < -0.3 is 10.2 Å². The van der Waals surface area contributed by atoms with Crippen molar-refractivity contribution in [3.8, 4) is 0 Å². The van der Waals surface area contributed by atoms with Gasteiger partial charge in [-0.2, -0.15) is 0 Å². The molecule has 62 valence electrons. The summed E-state index contributed by atoms with van der Waals surface area (Å²) in [5.41, 5.74) is 0. The van der Waals surface area contributed by atoms with Crippen molar-refractivity contribution in [2.24, 2.45) is 0 Å². The Hall–Kier alpha value is -0.340. The van der Waals surface area contributed by atoms with Crippen molar-refractivity contribution >= 4 is 0 Å². The van der Waals surface area contributed by atoms with Crippen LogP contribution in [0, 0.1) is 0 Å². The van der Waals surface area contributed by atoms with Gasteiger partial charge in [0.25, 0.3) is 0 Å². The number of rotatable bonds is 1. The van der Waals surface area contributed by atoms with E-state index in [0.717, 1.165) is 0 Å². The molecule has 0 fully saturated rings. The highest BCUT2D eigenvalue weighted by molar-refractivity contribution is 4.68. The van der Waals surface area contributed by atoms with Crippen LogP contribution in [0.2, 0.25) is 0 Å². The molecule has 2 N–H and O–H groups in total. The summed E-state index contributed by atoms with van der Waals surface area (Å²) in [5, 5.41) is 16.8. The fraction of sp³-hybridized carbons (Fsp3) is 0.750. The topological polar surface area (TPSA) is 40.5 Å². The quantitative estimate of drug-likeness (QED) is 0.548. The first kappa shape index (κ1) is 12.3. The Kier molecular flexibility index (Phi) is 10.7. The molecule has 2 nitrogen and oxygen atoms in total. The van der Waals surface area contributed by atoms with Crippen molar-refractivity contribution in [3.05, 3.63) is 12.2 Å². The molecule has 2 unspecified atom stereocenters. The van der Waals surface area contributed by atoms with E-state index in [9.17, 15) is 0 Å². The van der Waals surface area contributed by atoms with Crippen molar-refractivity contribution in [1.82, 2.24) is 0 Å². The normalized spacial score (nSPS) is 15.8. The SMILES string of the molecule is CC(O)C(C)O.CC=CC. The highest BCUT2D eigenvalue weighted by atomic mass is 16.3. The molecule has 0 saturated carbocycles. The van der Waals surface area contributed by atoms with Crippen LogP contribution in [-0.4, -0.2) is 22.4 Å². The Balaban J connectivity index is 0. The van der Waals surface area contributed by atoms with Gasteiger partial charge in [-0.3, -0.25) is 0 Å². The summed E-state index contributed by atoms with van der Waals surface area (Å²) in [6.45, 7) is 7.09. The molecule has 0 aromatic heterocycles. The summed E-state index contributed by atoms with van der Waals surface area (Å²) in [4.78, 5) is 0. The van der Waals surface area contributed by atoms with Crippen LogP contribution in [0.4, 0.5) is 0 Å². The molecule has 0 aliphatic rings. The molecule has 0 bridgehead atoms. The third-order valence-electron chi connectivity index (χ3n) is 1.03. The number of aliphatic hydroxyl groups is 2. The van der Waals surface area contributed by atoms with Crippen LogP contribution in [0.5, 0.6) is 0 Å². The second kappa shape index (κ2) is 8.66. The lowest BCUT2D eigenvalue weighted by Crippen LogP contribution is -2.17. The second-order valence-corrected chi connectivity index (χ2v) is 2.15. The third-order valence-corrected chi connectivity index (χ3v) is 1.03. The van der Waals surface area contributed by atoms with E-state index in [-0.39, 0.29) is 0 Å². The average Bonchev–Trinajstić information content (AvgIpc) is 1.89. The van der Waals surface area contributed by atoms with Gasteiger partial charge in [-0.25, -0.2) is 0 Å². The first-order valence-electron chi connectivity index (χ1n) is 3.49. The van der Waals surface area contributed by atoms with Gasteiger partial charge in [0.15, 0.2) is 0 Å². The average molecular weight is 146 g/mol. The molecule has 0 amide bonds. The highest BCUT2D eigenvalue weighted by Crippen LogP contribution is 1.85. The third kappa shape index (κ3) is 15.6. The van der Waals surface area contributed by atoms with Gasteiger partial charge >= 0.3 is 0 Å². The van der Waals surface area contributed by atoms with Crippen LogP contribution in [0.1, 0.15) is 27.7 Å². The van der Waals surface area contributed by atoms with E-state index in [1.165, 1.54) is 0 Å². The first-order valence-corrected chi connectivity index (χ1v) is 3.49.